The number of rotatable bonds is 3. The number of aromatic nitrogens is 2. The fourth-order valence-electron chi connectivity index (χ4n) is 0.922. The molecule has 1 aromatic rings. The molecule has 6 nitrogen and oxygen atoms in total. The fraction of sp³-hybridized carbons (Fsp3) is 0.375. The number of anilines is 2. The highest BCUT2D eigenvalue weighted by atomic mass is 79.9. The minimum Gasteiger partial charge on any atom is -0.468 e. The molecule has 1 aromatic heterocycles. The summed E-state index contributed by atoms with van der Waals surface area (Å²) in [6.07, 6.45) is 0. The first-order valence-corrected chi connectivity index (χ1v) is 4.90. The summed E-state index contributed by atoms with van der Waals surface area (Å²) in [5.41, 5.74) is 5.54. The van der Waals surface area contributed by atoms with E-state index in [4.69, 9.17) is 5.73 Å². The lowest BCUT2D eigenvalue weighted by Crippen LogP contribution is -2.28. The summed E-state index contributed by atoms with van der Waals surface area (Å²) in [4.78, 5) is 20.6. The van der Waals surface area contributed by atoms with Crippen LogP contribution in [0.4, 0.5) is 11.8 Å². The molecule has 0 atom stereocenters. The van der Waals surface area contributed by atoms with Gasteiger partial charge < -0.3 is 15.4 Å². The SMILES string of the molecule is COC(=O)CN(C)c1nc(N)cc(Br)n1. The van der Waals surface area contributed by atoms with Crippen LogP contribution in [0.5, 0.6) is 0 Å². The number of carbonyl (C=O) groups is 1. The largest absolute Gasteiger partial charge is 0.468 e. The number of nitrogens with two attached hydrogens (primary N) is 1. The number of hydrogen-bond acceptors (Lipinski definition) is 6. The maximum atomic E-state index is 11.0. The van der Waals surface area contributed by atoms with E-state index in [9.17, 15) is 4.79 Å². The number of esters is 1. The first kappa shape index (κ1) is 11.7. The van der Waals surface area contributed by atoms with Crippen molar-refractivity contribution in [3.63, 3.8) is 0 Å². The van der Waals surface area contributed by atoms with Gasteiger partial charge in [-0.15, -0.1) is 0 Å². The number of nitrogens with zero attached hydrogens (tertiary/aromatic N) is 3. The van der Waals surface area contributed by atoms with E-state index in [1.165, 1.54) is 7.11 Å². The van der Waals surface area contributed by atoms with E-state index in [2.05, 4.69) is 30.6 Å². The highest BCUT2D eigenvalue weighted by Gasteiger charge is 2.10. The van der Waals surface area contributed by atoms with E-state index in [0.717, 1.165) is 0 Å². The number of hydrogen-bond donors (Lipinski definition) is 1. The van der Waals surface area contributed by atoms with E-state index >= 15 is 0 Å². The van der Waals surface area contributed by atoms with Crippen molar-refractivity contribution in [2.45, 2.75) is 0 Å². The lowest BCUT2D eigenvalue weighted by molar-refractivity contribution is -0.138. The Morgan fingerprint density at radius 3 is 2.87 bits per heavy atom. The molecule has 0 unspecified atom stereocenters. The second kappa shape index (κ2) is 4.92. The smallest absolute Gasteiger partial charge is 0.325 e. The molecule has 2 N–H and O–H groups in total. The third kappa shape index (κ3) is 3.35. The zero-order valence-electron chi connectivity index (χ0n) is 8.40. The summed E-state index contributed by atoms with van der Waals surface area (Å²) >= 11 is 3.19. The quantitative estimate of drug-likeness (QED) is 0.636. The van der Waals surface area contributed by atoms with E-state index < -0.39 is 0 Å². The third-order valence-electron chi connectivity index (χ3n) is 1.64. The second-order valence-electron chi connectivity index (χ2n) is 2.85. The molecule has 0 radical (unpaired) electrons. The molecule has 0 aliphatic rings. The highest BCUT2D eigenvalue weighted by Crippen LogP contribution is 2.14. The molecule has 0 saturated carbocycles. The molecule has 0 aromatic carbocycles. The maximum Gasteiger partial charge on any atom is 0.325 e. The number of methoxy groups -OCH3 is 1. The number of nitrogen functional groups attached to an aromatic ring is 1. The van der Waals surface area contributed by atoms with Crippen LogP contribution < -0.4 is 10.6 Å². The predicted molar refractivity (Wildman–Crippen MR) is 59.4 cm³/mol. The van der Waals surface area contributed by atoms with Gasteiger partial charge >= 0.3 is 5.97 Å². The van der Waals surface area contributed by atoms with Gasteiger partial charge in [0.05, 0.1) is 7.11 Å². The van der Waals surface area contributed by atoms with E-state index in [1.54, 1.807) is 18.0 Å². The van der Waals surface area contributed by atoms with Crippen molar-refractivity contribution < 1.29 is 9.53 Å². The van der Waals surface area contributed by atoms with Gasteiger partial charge in [0.25, 0.3) is 0 Å². The highest BCUT2D eigenvalue weighted by molar-refractivity contribution is 9.10. The topological polar surface area (TPSA) is 81.3 Å². The molecule has 0 aliphatic carbocycles. The van der Waals surface area contributed by atoms with Crippen LogP contribution in [0.1, 0.15) is 0 Å². The van der Waals surface area contributed by atoms with Gasteiger partial charge in [-0.2, -0.15) is 4.98 Å². The minimum absolute atomic E-state index is 0.0758. The van der Waals surface area contributed by atoms with Gasteiger partial charge in [0.2, 0.25) is 5.95 Å². The van der Waals surface area contributed by atoms with Gasteiger partial charge in [-0.25, -0.2) is 4.98 Å². The van der Waals surface area contributed by atoms with Crippen molar-refractivity contribution in [1.29, 1.82) is 0 Å². The Kier molecular flexibility index (Phi) is 3.84. The molecular weight excluding hydrogens is 264 g/mol. The molecule has 7 heteroatoms. The van der Waals surface area contributed by atoms with Crippen molar-refractivity contribution in [3.05, 3.63) is 10.7 Å². The third-order valence-corrected chi connectivity index (χ3v) is 2.04. The van der Waals surface area contributed by atoms with Crippen molar-refractivity contribution >= 4 is 33.7 Å². The molecule has 0 spiro atoms. The molecule has 0 saturated heterocycles. The molecule has 15 heavy (non-hydrogen) atoms. The zero-order valence-corrected chi connectivity index (χ0v) is 9.98. The Hall–Kier alpha value is -1.37. The molecule has 0 amide bonds. The van der Waals surface area contributed by atoms with Crippen LogP contribution >= 0.6 is 15.9 Å². The second-order valence-corrected chi connectivity index (χ2v) is 3.66. The lowest BCUT2D eigenvalue weighted by atomic mass is 10.5. The summed E-state index contributed by atoms with van der Waals surface area (Å²) in [6.45, 7) is 0.0758. The Morgan fingerprint density at radius 1 is 1.67 bits per heavy atom. The van der Waals surface area contributed by atoms with Crippen LogP contribution in [0.2, 0.25) is 0 Å². The molecular formula is C8H11BrN4O2. The van der Waals surface area contributed by atoms with Crippen molar-refractivity contribution in [3.8, 4) is 0 Å². The minimum atomic E-state index is -0.361. The number of ether oxygens (including phenoxy) is 1. The van der Waals surface area contributed by atoms with Crippen LogP contribution in [-0.4, -0.2) is 36.6 Å². The predicted octanol–water partition coefficient (Wildman–Crippen LogP) is 0.430. The van der Waals surface area contributed by atoms with E-state index in [1.807, 2.05) is 0 Å². The monoisotopic (exact) mass is 274 g/mol. The van der Waals surface area contributed by atoms with Crippen LogP contribution in [0.25, 0.3) is 0 Å². The Morgan fingerprint density at radius 2 is 2.33 bits per heavy atom. The summed E-state index contributed by atoms with van der Waals surface area (Å²) in [5.74, 6) is 0.343. The fourth-order valence-corrected chi connectivity index (χ4v) is 1.32. The number of likely N-dealkylation sites (N-methyl/N-ethyl adjacent to an activating group) is 1. The number of carbonyl (C=O) groups excluding carboxylic acids is 1. The molecule has 1 rings (SSSR count). The first-order valence-electron chi connectivity index (χ1n) is 4.11. The summed E-state index contributed by atoms with van der Waals surface area (Å²) in [5, 5.41) is 0. The van der Waals surface area contributed by atoms with Gasteiger partial charge in [-0.05, 0) is 15.9 Å². The molecule has 0 aliphatic heterocycles. The number of halogens is 1. The van der Waals surface area contributed by atoms with Crippen LogP contribution in [0.15, 0.2) is 10.7 Å². The summed E-state index contributed by atoms with van der Waals surface area (Å²) in [7, 11) is 3.00. The average Bonchev–Trinajstić information content (AvgIpc) is 2.16. The van der Waals surface area contributed by atoms with Crippen molar-refractivity contribution in [2.75, 3.05) is 31.3 Å². The van der Waals surface area contributed by atoms with Gasteiger partial charge in [0.1, 0.15) is 17.0 Å². The van der Waals surface area contributed by atoms with E-state index in [-0.39, 0.29) is 12.5 Å². The molecule has 82 valence electrons. The summed E-state index contributed by atoms with van der Waals surface area (Å²) < 4.78 is 5.09. The summed E-state index contributed by atoms with van der Waals surface area (Å²) in [6, 6.07) is 1.58. The Balaban J connectivity index is 2.81. The van der Waals surface area contributed by atoms with Crippen LogP contribution in [0, 0.1) is 0 Å². The van der Waals surface area contributed by atoms with Crippen LogP contribution in [-0.2, 0) is 9.53 Å². The molecule has 0 bridgehead atoms. The van der Waals surface area contributed by atoms with Crippen LogP contribution in [0.3, 0.4) is 0 Å². The van der Waals surface area contributed by atoms with Gasteiger partial charge in [0, 0.05) is 13.1 Å². The molecule has 1 heterocycles. The Bertz CT molecular complexity index is 351. The first-order chi connectivity index (χ1) is 7.02. The zero-order chi connectivity index (χ0) is 11.4. The van der Waals surface area contributed by atoms with Crippen molar-refractivity contribution in [2.24, 2.45) is 0 Å². The van der Waals surface area contributed by atoms with Gasteiger partial charge in [-0.1, -0.05) is 0 Å². The van der Waals surface area contributed by atoms with Gasteiger partial charge in [0.15, 0.2) is 0 Å². The average molecular weight is 275 g/mol. The van der Waals surface area contributed by atoms with E-state index in [0.29, 0.717) is 16.4 Å². The molecule has 0 fully saturated rings. The Labute approximate surface area is 95.6 Å². The standard InChI is InChI=1S/C8H11BrN4O2/c1-13(4-7(14)15-2)8-11-5(9)3-6(10)12-8/h3H,4H2,1-2H3,(H2,10,11,12). The normalized spacial score (nSPS) is 9.80. The van der Waals surface area contributed by atoms with Crippen molar-refractivity contribution in [1.82, 2.24) is 9.97 Å². The van der Waals surface area contributed by atoms with Gasteiger partial charge in [-0.3, -0.25) is 4.79 Å². The maximum absolute atomic E-state index is 11.0. The lowest BCUT2D eigenvalue weighted by Gasteiger charge is -2.15.